The Morgan fingerprint density at radius 3 is 3.11 bits per heavy atom. The van der Waals surface area contributed by atoms with E-state index in [2.05, 4.69) is 4.98 Å². The molecule has 0 spiro atoms. The van der Waals surface area contributed by atoms with Crippen LogP contribution in [-0.2, 0) is 0 Å². The van der Waals surface area contributed by atoms with Crippen LogP contribution in [0.5, 0.6) is 5.75 Å². The zero-order valence-electron chi connectivity index (χ0n) is 10.6. The Hall–Kier alpha value is -1.55. The van der Waals surface area contributed by atoms with E-state index in [1.165, 1.54) is 19.3 Å². The van der Waals surface area contributed by atoms with Gasteiger partial charge in [0.25, 0.3) is 0 Å². The Morgan fingerprint density at radius 2 is 2.33 bits per heavy atom. The van der Waals surface area contributed by atoms with Gasteiger partial charge in [-0.05, 0) is 37.4 Å². The van der Waals surface area contributed by atoms with E-state index >= 15 is 0 Å². The van der Waals surface area contributed by atoms with Gasteiger partial charge in [-0.25, -0.2) is 4.98 Å². The van der Waals surface area contributed by atoms with Crippen LogP contribution in [0.25, 0.3) is 11.0 Å². The van der Waals surface area contributed by atoms with Gasteiger partial charge in [0.1, 0.15) is 11.6 Å². The predicted molar refractivity (Wildman–Crippen MR) is 71.8 cm³/mol. The number of fused-ring (bicyclic) bond motifs is 1. The lowest BCUT2D eigenvalue weighted by molar-refractivity contribution is 0.415. The van der Waals surface area contributed by atoms with Crippen LogP contribution in [0.4, 0.5) is 0 Å². The molecular formula is C14H19N3O. The Labute approximate surface area is 107 Å². The molecule has 1 aromatic carbocycles. The van der Waals surface area contributed by atoms with Crippen LogP contribution in [0, 0.1) is 5.92 Å². The summed E-state index contributed by atoms with van der Waals surface area (Å²) < 4.78 is 5.23. The highest BCUT2D eigenvalue weighted by molar-refractivity contribution is 5.76. The highest BCUT2D eigenvalue weighted by atomic mass is 16.5. The number of nitrogens with one attached hydrogen (secondary N) is 1. The van der Waals surface area contributed by atoms with Crippen molar-refractivity contribution < 1.29 is 4.74 Å². The zero-order chi connectivity index (χ0) is 12.5. The standard InChI is InChI=1S/C14H19N3O/c1-18-10-5-6-12-13(7-10)17-14(16-12)11-4-2-3-9(11)8-15/h5-7,9,11H,2-4,8,15H2,1H3,(H,16,17). The number of nitrogens with zero attached hydrogens (tertiary/aromatic N) is 1. The molecule has 1 aromatic heterocycles. The molecule has 0 bridgehead atoms. The molecule has 18 heavy (non-hydrogen) atoms. The summed E-state index contributed by atoms with van der Waals surface area (Å²) in [5, 5.41) is 0. The minimum absolute atomic E-state index is 0.494. The average Bonchev–Trinajstić information content (AvgIpc) is 3.03. The molecular weight excluding hydrogens is 226 g/mol. The average molecular weight is 245 g/mol. The summed E-state index contributed by atoms with van der Waals surface area (Å²) in [6, 6.07) is 5.95. The molecule has 0 amide bonds. The van der Waals surface area contributed by atoms with Crippen molar-refractivity contribution >= 4 is 11.0 Å². The number of hydrogen-bond donors (Lipinski definition) is 2. The van der Waals surface area contributed by atoms with E-state index in [0.29, 0.717) is 11.8 Å². The fourth-order valence-electron chi connectivity index (χ4n) is 2.99. The second-order valence-corrected chi connectivity index (χ2v) is 5.04. The number of hydrogen-bond acceptors (Lipinski definition) is 3. The maximum Gasteiger partial charge on any atom is 0.121 e. The van der Waals surface area contributed by atoms with Gasteiger partial charge in [0.05, 0.1) is 18.1 Å². The summed E-state index contributed by atoms with van der Waals surface area (Å²) in [5.41, 5.74) is 7.90. The number of methoxy groups -OCH3 is 1. The van der Waals surface area contributed by atoms with Gasteiger partial charge in [-0.1, -0.05) is 6.42 Å². The van der Waals surface area contributed by atoms with E-state index in [9.17, 15) is 0 Å². The summed E-state index contributed by atoms with van der Waals surface area (Å²) in [6.45, 7) is 0.755. The molecule has 4 heteroatoms. The number of aromatic nitrogens is 2. The summed E-state index contributed by atoms with van der Waals surface area (Å²) in [7, 11) is 1.68. The number of H-pyrrole nitrogens is 1. The van der Waals surface area contributed by atoms with Gasteiger partial charge in [-0.2, -0.15) is 0 Å². The predicted octanol–water partition coefficient (Wildman–Crippen LogP) is 2.41. The largest absolute Gasteiger partial charge is 0.497 e. The third-order valence-electron chi connectivity index (χ3n) is 4.02. The molecule has 2 unspecified atom stereocenters. The minimum atomic E-state index is 0.494. The number of benzene rings is 1. The number of rotatable bonds is 3. The second kappa shape index (κ2) is 4.61. The third-order valence-corrected chi connectivity index (χ3v) is 4.02. The van der Waals surface area contributed by atoms with Crippen molar-refractivity contribution in [1.29, 1.82) is 0 Å². The summed E-state index contributed by atoms with van der Waals surface area (Å²) >= 11 is 0. The second-order valence-electron chi connectivity index (χ2n) is 5.04. The molecule has 2 atom stereocenters. The lowest BCUT2D eigenvalue weighted by atomic mass is 9.96. The van der Waals surface area contributed by atoms with Crippen LogP contribution < -0.4 is 10.5 Å². The van der Waals surface area contributed by atoms with Gasteiger partial charge >= 0.3 is 0 Å². The van der Waals surface area contributed by atoms with E-state index in [1.54, 1.807) is 7.11 Å². The molecule has 2 aromatic rings. The third kappa shape index (κ3) is 1.86. The van der Waals surface area contributed by atoms with Crippen LogP contribution in [0.15, 0.2) is 18.2 Å². The van der Waals surface area contributed by atoms with E-state index < -0.39 is 0 Å². The Kier molecular flexibility index (Phi) is 2.96. The molecule has 1 aliphatic rings. The number of imidazole rings is 1. The molecule has 0 saturated heterocycles. The maximum atomic E-state index is 5.84. The van der Waals surface area contributed by atoms with Crippen molar-refractivity contribution in [2.24, 2.45) is 11.7 Å². The van der Waals surface area contributed by atoms with E-state index in [-0.39, 0.29) is 0 Å². The molecule has 1 saturated carbocycles. The lowest BCUT2D eigenvalue weighted by Gasteiger charge is -2.14. The van der Waals surface area contributed by atoms with Crippen molar-refractivity contribution in [3.63, 3.8) is 0 Å². The van der Waals surface area contributed by atoms with Crippen molar-refractivity contribution in [3.05, 3.63) is 24.0 Å². The molecule has 4 nitrogen and oxygen atoms in total. The van der Waals surface area contributed by atoms with Crippen molar-refractivity contribution in [2.45, 2.75) is 25.2 Å². The van der Waals surface area contributed by atoms with Gasteiger partial charge in [0, 0.05) is 12.0 Å². The zero-order valence-corrected chi connectivity index (χ0v) is 10.6. The fourth-order valence-corrected chi connectivity index (χ4v) is 2.99. The van der Waals surface area contributed by atoms with E-state index in [0.717, 1.165) is 29.2 Å². The lowest BCUT2D eigenvalue weighted by Crippen LogP contribution is -2.17. The topological polar surface area (TPSA) is 63.9 Å². The molecule has 96 valence electrons. The van der Waals surface area contributed by atoms with Crippen LogP contribution in [0.1, 0.15) is 31.0 Å². The number of nitrogens with two attached hydrogens (primary N) is 1. The van der Waals surface area contributed by atoms with Crippen LogP contribution in [0.3, 0.4) is 0 Å². The molecule has 3 N–H and O–H groups in total. The first-order valence-corrected chi connectivity index (χ1v) is 6.55. The smallest absolute Gasteiger partial charge is 0.121 e. The van der Waals surface area contributed by atoms with Crippen molar-refractivity contribution in [1.82, 2.24) is 9.97 Å². The molecule has 0 aliphatic heterocycles. The van der Waals surface area contributed by atoms with Gasteiger partial charge in [0.2, 0.25) is 0 Å². The Balaban J connectivity index is 1.97. The first-order valence-electron chi connectivity index (χ1n) is 6.55. The van der Waals surface area contributed by atoms with Gasteiger partial charge < -0.3 is 15.5 Å². The van der Waals surface area contributed by atoms with Gasteiger partial charge in [-0.3, -0.25) is 0 Å². The fraction of sp³-hybridized carbons (Fsp3) is 0.500. The normalized spacial score (nSPS) is 23.7. The Morgan fingerprint density at radius 1 is 1.44 bits per heavy atom. The number of ether oxygens (including phenoxy) is 1. The molecule has 3 rings (SSSR count). The van der Waals surface area contributed by atoms with Crippen LogP contribution >= 0.6 is 0 Å². The molecule has 1 heterocycles. The van der Waals surface area contributed by atoms with Crippen LogP contribution in [0.2, 0.25) is 0 Å². The minimum Gasteiger partial charge on any atom is -0.497 e. The summed E-state index contributed by atoms with van der Waals surface area (Å²) in [6.07, 6.45) is 3.67. The summed E-state index contributed by atoms with van der Waals surface area (Å²) in [4.78, 5) is 8.13. The van der Waals surface area contributed by atoms with Gasteiger partial charge in [0.15, 0.2) is 0 Å². The quantitative estimate of drug-likeness (QED) is 0.872. The molecule has 0 radical (unpaired) electrons. The highest BCUT2D eigenvalue weighted by Crippen LogP contribution is 2.38. The molecule has 1 aliphatic carbocycles. The molecule has 1 fully saturated rings. The SMILES string of the molecule is COc1ccc2nc(C3CCCC3CN)[nH]c2c1. The maximum absolute atomic E-state index is 5.84. The van der Waals surface area contributed by atoms with Crippen molar-refractivity contribution in [2.75, 3.05) is 13.7 Å². The first kappa shape index (κ1) is 11.5. The number of aromatic amines is 1. The first-order chi connectivity index (χ1) is 8.81. The summed E-state index contributed by atoms with van der Waals surface area (Å²) in [5.74, 6) is 3.02. The van der Waals surface area contributed by atoms with E-state index in [1.807, 2.05) is 18.2 Å². The van der Waals surface area contributed by atoms with E-state index in [4.69, 9.17) is 15.5 Å². The van der Waals surface area contributed by atoms with Crippen molar-refractivity contribution in [3.8, 4) is 5.75 Å². The highest BCUT2D eigenvalue weighted by Gasteiger charge is 2.29. The van der Waals surface area contributed by atoms with Gasteiger partial charge in [-0.15, -0.1) is 0 Å². The monoisotopic (exact) mass is 245 g/mol. The van der Waals surface area contributed by atoms with Crippen LogP contribution in [-0.4, -0.2) is 23.6 Å². The Bertz CT molecular complexity index is 549.